The molecule has 7 nitrogen and oxygen atoms in total. The molecule has 0 saturated carbocycles. The normalized spacial score (nSPS) is 12.2. The lowest BCUT2D eigenvalue weighted by Gasteiger charge is -2.12. The van der Waals surface area contributed by atoms with Crippen LogP contribution < -0.4 is 5.32 Å². The van der Waals surface area contributed by atoms with Gasteiger partial charge >= 0.3 is 6.18 Å². The Kier molecular flexibility index (Phi) is 5.75. The molecule has 0 unspecified atom stereocenters. The minimum atomic E-state index is -4.56. The highest BCUT2D eigenvalue weighted by molar-refractivity contribution is 7.90. The number of aryl methyl sites for hydroxylation is 1. The van der Waals surface area contributed by atoms with Crippen molar-refractivity contribution in [3.8, 4) is 11.1 Å². The maximum Gasteiger partial charge on any atom is 0.416 e. The lowest BCUT2D eigenvalue weighted by molar-refractivity contribution is -0.138. The molecule has 5 rings (SSSR count). The Morgan fingerprint density at radius 1 is 0.973 bits per heavy atom. The summed E-state index contributed by atoms with van der Waals surface area (Å²) in [6.45, 7) is 1.34. The summed E-state index contributed by atoms with van der Waals surface area (Å²) in [5.41, 5.74) is 2.14. The van der Waals surface area contributed by atoms with E-state index in [1.165, 1.54) is 25.3 Å². The largest absolute Gasteiger partial charge is 0.416 e. The molecule has 0 aliphatic heterocycles. The fourth-order valence-corrected chi connectivity index (χ4v) is 4.58. The molecule has 0 aliphatic rings. The highest BCUT2D eigenvalue weighted by Gasteiger charge is 2.33. The first-order valence-electron chi connectivity index (χ1n) is 11.0. The van der Waals surface area contributed by atoms with Crippen molar-refractivity contribution in [3.63, 3.8) is 0 Å². The van der Waals surface area contributed by atoms with Crippen LogP contribution in [-0.4, -0.2) is 35.5 Å². The second kappa shape index (κ2) is 8.70. The van der Waals surface area contributed by atoms with Crippen molar-refractivity contribution in [2.24, 2.45) is 0 Å². The summed E-state index contributed by atoms with van der Waals surface area (Å²) in [5, 5.41) is 3.87. The second-order valence-corrected chi connectivity index (χ2v) is 10.5. The first kappa shape index (κ1) is 24.4. The summed E-state index contributed by atoms with van der Waals surface area (Å²) >= 11 is 0. The Balaban J connectivity index is 1.45. The summed E-state index contributed by atoms with van der Waals surface area (Å²) in [6, 6.07) is 15.9. The van der Waals surface area contributed by atoms with Gasteiger partial charge in [0.1, 0.15) is 5.65 Å². The third kappa shape index (κ3) is 4.77. The lowest BCUT2D eigenvalue weighted by atomic mass is 10.0. The number of carbonyl (C=O) groups excluding carboxylic acids is 1. The number of hydrogen-bond acceptors (Lipinski definition) is 5. The molecule has 0 aliphatic carbocycles. The van der Waals surface area contributed by atoms with E-state index in [1.807, 2.05) is 24.3 Å². The zero-order valence-corrected chi connectivity index (χ0v) is 20.3. The van der Waals surface area contributed by atoms with Crippen LogP contribution in [0, 0.1) is 6.92 Å². The fourth-order valence-electron chi connectivity index (χ4n) is 4.07. The van der Waals surface area contributed by atoms with E-state index in [0.717, 1.165) is 28.8 Å². The number of H-pyrrole nitrogens is 1. The summed E-state index contributed by atoms with van der Waals surface area (Å²) in [4.78, 5) is 23.9. The zero-order valence-electron chi connectivity index (χ0n) is 19.5. The van der Waals surface area contributed by atoms with Gasteiger partial charge in [-0.25, -0.2) is 18.4 Å². The average molecular weight is 525 g/mol. The van der Waals surface area contributed by atoms with Gasteiger partial charge in [-0.2, -0.15) is 13.2 Å². The quantitative estimate of drug-likeness (QED) is 0.291. The number of fused-ring (bicyclic) bond motifs is 3. The van der Waals surface area contributed by atoms with E-state index >= 15 is 0 Å². The highest BCUT2D eigenvalue weighted by atomic mass is 32.2. The van der Waals surface area contributed by atoms with Gasteiger partial charge in [0.25, 0.3) is 5.91 Å². The molecule has 0 radical (unpaired) electrons. The van der Waals surface area contributed by atoms with E-state index in [2.05, 4.69) is 20.3 Å². The van der Waals surface area contributed by atoms with Crippen molar-refractivity contribution in [1.29, 1.82) is 0 Å². The molecular weight excluding hydrogens is 505 g/mol. The number of anilines is 1. The van der Waals surface area contributed by atoms with E-state index in [0.29, 0.717) is 22.2 Å². The highest BCUT2D eigenvalue weighted by Crippen LogP contribution is 2.33. The van der Waals surface area contributed by atoms with Crippen LogP contribution in [0.5, 0.6) is 0 Å². The number of carbonyl (C=O) groups is 1. The number of amides is 1. The molecule has 5 aromatic rings. The number of halogens is 3. The van der Waals surface area contributed by atoms with Gasteiger partial charge in [0.2, 0.25) is 15.0 Å². The van der Waals surface area contributed by atoms with Crippen LogP contribution in [0.25, 0.3) is 33.1 Å². The Hall–Kier alpha value is -4.25. The third-order valence-electron chi connectivity index (χ3n) is 5.92. The van der Waals surface area contributed by atoms with Gasteiger partial charge in [0, 0.05) is 40.0 Å². The van der Waals surface area contributed by atoms with Crippen LogP contribution in [0.1, 0.15) is 21.5 Å². The number of rotatable bonds is 4. The van der Waals surface area contributed by atoms with E-state index in [-0.39, 0.29) is 16.3 Å². The molecule has 11 heteroatoms. The number of nitrogens with one attached hydrogen (secondary N) is 2. The molecule has 0 saturated heterocycles. The van der Waals surface area contributed by atoms with Gasteiger partial charge in [0.05, 0.1) is 5.56 Å². The van der Waals surface area contributed by atoms with Gasteiger partial charge in [-0.3, -0.25) is 4.79 Å². The molecule has 2 N–H and O–H groups in total. The number of hydrogen-bond donors (Lipinski definition) is 2. The van der Waals surface area contributed by atoms with Gasteiger partial charge in [-0.15, -0.1) is 0 Å². The van der Waals surface area contributed by atoms with Gasteiger partial charge < -0.3 is 10.3 Å². The van der Waals surface area contributed by atoms with Crippen molar-refractivity contribution in [3.05, 3.63) is 83.6 Å². The first-order valence-corrected chi connectivity index (χ1v) is 12.9. The third-order valence-corrected chi connectivity index (χ3v) is 6.78. The molecule has 2 aromatic heterocycles. The van der Waals surface area contributed by atoms with Crippen LogP contribution in [0.4, 0.5) is 18.9 Å². The lowest BCUT2D eigenvalue weighted by Crippen LogP contribution is -2.15. The molecular formula is C26H19F3N4O3S. The smallest absolute Gasteiger partial charge is 0.339 e. The fraction of sp³-hybridized carbons (Fsp3) is 0.115. The number of nitrogens with zero attached hydrogens (tertiary/aromatic N) is 2. The summed E-state index contributed by atoms with van der Waals surface area (Å²) in [6.07, 6.45) is -2.06. The van der Waals surface area contributed by atoms with E-state index in [4.69, 9.17) is 0 Å². The van der Waals surface area contributed by atoms with Crippen LogP contribution >= 0.6 is 0 Å². The number of alkyl halides is 3. The predicted octanol–water partition coefficient (Wildman–Crippen LogP) is 5.76. The average Bonchev–Trinajstić information content (AvgIpc) is 3.20. The van der Waals surface area contributed by atoms with Crippen molar-refractivity contribution >= 4 is 43.4 Å². The number of sulfone groups is 1. The van der Waals surface area contributed by atoms with Crippen molar-refractivity contribution in [2.75, 3.05) is 11.6 Å². The Bertz CT molecular complexity index is 1810. The molecule has 188 valence electrons. The number of aromatic nitrogens is 3. The van der Waals surface area contributed by atoms with E-state index in [1.54, 1.807) is 18.2 Å². The minimum absolute atomic E-state index is 0.0388. The van der Waals surface area contributed by atoms with Gasteiger partial charge in [-0.05, 0) is 53.9 Å². The minimum Gasteiger partial charge on any atom is -0.339 e. The first-order chi connectivity index (χ1) is 17.4. The van der Waals surface area contributed by atoms with Gasteiger partial charge in [0.15, 0.2) is 0 Å². The molecule has 37 heavy (non-hydrogen) atoms. The van der Waals surface area contributed by atoms with Gasteiger partial charge in [-0.1, -0.05) is 30.3 Å². The SMILES string of the molecule is Cc1ccc(C(=O)Nc2cccc(-c3ccc4c(c3)[nH]c3nc(S(C)(=O)=O)ncc34)c2)cc1C(F)(F)F. The molecule has 0 bridgehead atoms. The molecule has 0 atom stereocenters. The predicted molar refractivity (Wildman–Crippen MR) is 134 cm³/mol. The molecule has 0 spiro atoms. The number of aromatic amines is 1. The van der Waals surface area contributed by atoms with E-state index < -0.39 is 27.5 Å². The molecule has 3 aromatic carbocycles. The van der Waals surface area contributed by atoms with Crippen LogP contribution in [-0.2, 0) is 16.0 Å². The number of benzene rings is 3. The maximum atomic E-state index is 13.2. The maximum absolute atomic E-state index is 13.2. The zero-order chi connectivity index (χ0) is 26.5. The van der Waals surface area contributed by atoms with Crippen LogP contribution in [0.3, 0.4) is 0 Å². The Morgan fingerprint density at radius 2 is 1.73 bits per heavy atom. The van der Waals surface area contributed by atoms with Crippen molar-refractivity contribution < 1.29 is 26.4 Å². The summed E-state index contributed by atoms with van der Waals surface area (Å²) < 4.78 is 63.3. The molecule has 1 amide bonds. The van der Waals surface area contributed by atoms with E-state index in [9.17, 15) is 26.4 Å². The Labute approximate surface area is 209 Å². The van der Waals surface area contributed by atoms with Crippen LogP contribution in [0.15, 0.2) is 72.0 Å². The topological polar surface area (TPSA) is 105 Å². The standard InChI is InChI=1S/C26H19F3N4O3S/c1-14-6-7-17(11-21(14)26(27,28)29)24(34)31-18-5-3-4-15(10-18)16-8-9-19-20-13-30-25(37(2,35)36)33-23(20)32-22(19)12-16/h3-13H,1-2H3,(H,31,34)(H,30,32,33). The van der Waals surface area contributed by atoms with Crippen molar-refractivity contribution in [1.82, 2.24) is 15.0 Å². The van der Waals surface area contributed by atoms with Crippen molar-refractivity contribution in [2.45, 2.75) is 18.3 Å². The van der Waals surface area contributed by atoms with Crippen LogP contribution in [0.2, 0.25) is 0 Å². The molecule has 0 fully saturated rings. The summed E-state index contributed by atoms with van der Waals surface area (Å²) in [5.74, 6) is -0.658. The summed E-state index contributed by atoms with van der Waals surface area (Å²) in [7, 11) is -3.56. The molecule has 2 heterocycles. The monoisotopic (exact) mass is 524 g/mol. The second-order valence-electron chi connectivity index (χ2n) is 8.63. The Morgan fingerprint density at radius 3 is 2.46 bits per heavy atom.